The fourth-order valence-electron chi connectivity index (χ4n) is 11.1. The van der Waals surface area contributed by atoms with Gasteiger partial charge in [-0.1, -0.05) is 170 Å². The van der Waals surface area contributed by atoms with Gasteiger partial charge in [-0.15, -0.1) is 0 Å². The molecule has 0 unspecified atom stereocenters. The smallest absolute Gasteiger partial charge is 0.179 e. The van der Waals surface area contributed by atoms with E-state index >= 15 is 0 Å². The van der Waals surface area contributed by atoms with E-state index in [-0.39, 0.29) is 0 Å². The third kappa shape index (κ3) is 5.49. The standard InChI is InChI=1S/C61H40N4Si/c62-41-42-18-16-30-53-55-39-44(64-56-31-13-10-27-50(56)51-28-11-14-32-57(51)64)34-37-60(55)65(61(42)53)45-35-36-59-54(40-45)52-29-12-15-33-58(52)63(59)43-19-17-26-49(38-43)66(46-20-4-1-5-21-46,47-22-6-2-7-23-47)48-24-8-3-9-25-48/h1-40H. The van der Waals surface area contributed by atoms with Gasteiger partial charge in [-0.05, 0) is 93.5 Å². The van der Waals surface area contributed by atoms with Crippen LogP contribution in [0, 0.1) is 11.3 Å². The van der Waals surface area contributed by atoms with Crippen molar-refractivity contribution >= 4 is 94.2 Å². The van der Waals surface area contributed by atoms with Crippen LogP contribution in [0.5, 0.6) is 0 Å². The van der Waals surface area contributed by atoms with E-state index in [0.29, 0.717) is 5.56 Å². The first-order chi connectivity index (χ1) is 32.7. The van der Waals surface area contributed by atoms with E-state index in [2.05, 4.69) is 250 Å². The second-order valence-corrected chi connectivity index (χ2v) is 21.0. The molecule has 3 aromatic heterocycles. The number of hydrogen-bond acceptors (Lipinski definition) is 1. The van der Waals surface area contributed by atoms with Gasteiger partial charge < -0.3 is 13.7 Å². The molecule has 0 saturated carbocycles. The van der Waals surface area contributed by atoms with Crippen LogP contribution in [0.1, 0.15) is 5.56 Å². The average Bonchev–Trinajstić information content (AvgIpc) is 4.03. The van der Waals surface area contributed by atoms with E-state index in [1.165, 1.54) is 47.9 Å². The molecule has 0 bridgehead atoms. The molecule has 10 aromatic carbocycles. The molecule has 0 amide bonds. The number of hydrogen-bond donors (Lipinski definition) is 0. The molecule has 0 aliphatic carbocycles. The van der Waals surface area contributed by atoms with Gasteiger partial charge in [-0.25, -0.2) is 0 Å². The average molecular weight is 857 g/mol. The van der Waals surface area contributed by atoms with Gasteiger partial charge in [-0.3, -0.25) is 0 Å². The zero-order valence-electron chi connectivity index (χ0n) is 35.9. The number of para-hydroxylation sites is 4. The summed E-state index contributed by atoms with van der Waals surface area (Å²) in [7, 11) is -2.78. The molecule has 0 aliphatic rings. The van der Waals surface area contributed by atoms with Crippen molar-refractivity contribution in [2.45, 2.75) is 0 Å². The fourth-order valence-corrected chi connectivity index (χ4v) is 15.9. The molecule has 0 fully saturated rings. The van der Waals surface area contributed by atoms with Crippen molar-refractivity contribution in [3.63, 3.8) is 0 Å². The summed E-state index contributed by atoms with van der Waals surface area (Å²) < 4.78 is 7.09. The van der Waals surface area contributed by atoms with E-state index in [1.807, 2.05) is 12.1 Å². The number of nitrogens with zero attached hydrogens (tertiary/aromatic N) is 4. The van der Waals surface area contributed by atoms with Gasteiger partial charge in [-0.2, -0.15) is 5.26 Å². The summed E-state index contributed by atoms with van der Waals surface area (Å²) in [4.78, 5) is 0. The molecular weight excluding hydrogens is 817 g/mol. The summed E-state index contributed by atoms with van der Waals surface area (Å²) in [6, 6.07) is 90.9. The minimum atomic E-state index is -2.78. The van der Waals surface area contributed by atoms with Gasteiger partial charge in [0.2, 0.25) is 0 Å². The summed E-state index contributed by atoms with van der Waals surface area (Å²) in [5.41, 5.74) is 10.4. The SMILES string of the molecule is N#Cc1cccc2c3cc(-n4c5ccccc5c5ccccc54)ccc3n(-c3ccc4c(c3)c3ccccc3n4-c3cccc([Si](c4ccccc4)(c4ccccc4)c4ccccc4)c3)c12. The molecule has 0 saturated heterocycles. The molecule has 13 rings (SSSR count). The maximum Gasteiger partial charge on any atom is 0.179 e. The quantitative estimate of drug-likeness (QED) is 0.116. The molecule has 0 atom stereocenters. The van der Waals surface area contributed by atoms with E-state index in [0.717, 1.165) is 55.3 Å². The number of benzene rings is 10. The van der Waals surface area contributed by atoms with Crippen molar-refractivity contribution in [1.82, 2.24) is 13.7 Å². The monoisotopic (exact) mass is 856 g/mol. The van der Waals surface area contributed by atoms with Crippen molar-refractivity contribution in [1.29, 1.82) is 5.26 Å². The molecule has 13 aromatic rings. The van der Waals surface area contributed by atoms with E-state index in [1.54, 1.807) is 0 Å². The summed E-state index contributed by atoms with van der Waals surface area (Å²) in [6.45, 7) is 0. The van der Waals surface area contributed by atoms with E-state index < -0.39 is 8.07 Å². The molecular formula is C61H40N4Si. The van der Waals surface area contributed by atoms with Crippen molar-refractivity contribution in [2.75, 3.05) is 0 Å². The lowest BCUT2D eigenvalue weighted by atomic mass is 10.1. The van der Waals surface area contributed by atoms with Crippen LogP contribution in [0.15, 0.2) is 243 Å². The number of rotatable bonds is 7. The maximum absolute atomic E-state index is 10.6. The van der Waals surface area contributed by atoms with Gasteiger partial charge in [0.05, 0.1) is 38.7 Å². The molecule has 0 radical (unpaired) electrons. The van der Waals surface area contributed by atoms with Gasteiger partial charge in [0.25, 0.3) is 0 Å². The highest BCUT2D eigenvalue weighted by molar-refractivity contribution is 7.19. The largest absolute Gasteiger partial charge is 0.309 e. The molecule has 3 heterocycles. The Morgan fingerprint density at radius 2 is 0.667 bits per heavy atom. The molecule has 0 aliphatic heterocycles. The van der Waals surface area contributed by atoms with Crippen LogP contribution in [-0.2, 0) is 0 Å². The first kappa shape index (κ1) is 37.8. The number of fused-ring (bicyclic) bond motifs is 9. The highest BCUT2D eigenvalue weighted by Gasteiger charge is 2.41. The zero-order valence-corrected chi connectivity index (χ0v) is 36.9. The summed E-state index contributed by atoms with van der Waals surface area (Å²) in [5.74, 6) is 0. The van der Waals surface area contributed by atoms with Crippen LogP contribution in [-0.4, -0.2) is 21.8 Å². The van der Waals surface area contributed by atoms with Crippen molar-refractivity contribution in [3.05, 3.63) is 248 Å². The van der Waals surface area contributed by atoms with Gasteiger partial charge in [0, 0.05) is 49.4 Å². The Balaban J connectivity index is 1.03. The van der Waals surface area contributed by atoms with Crippen LogP contribution in [0.4, 0.5) is 0 Å². The van der Waals surface area contributed by atoms with Gasteiger partial charge in [0.15, 0.2) is 8.07 Å². The topological polar surface area (TPSA) is 38.6 Å². The Hall–Kier alpha value is -8.69. The third-order valence-electron chi connectivity index (χ3n) is 13.8. The molecule has 66 heavy (non-hydrogen) atoms. The predicted molar refractivity (Wildman–Crippen MR) is 278 cm³/mol. The van der Waals surface area contributed by atoms with Crippen molar-refractivity contribution in [3.8, 4) is 23.1 Å². The minimum absolute atomic E-state index is 0.643. The molecule has 4 nitrogen and oxygen atoms in total. The maximum atomic E-state index is 10.6. The summed E-state index contributed by atoms with van der Waals surface area (Å²) >= 11 is 0. The Morgan fingerprint density at radius 1 is 0.288 bits per heavy atom. The Bertz CT molecular complexity index is 3910. The van der Waals surface area contributed by atoms with Crippen LogP contribution >= 0.6 is 0 Å². The lowest BCUT2D eigenvalue weighted by Crippen LogP contribution is -2.74. The Morgan fingerprint density at radius 3 is 1.20 bits per heavy atom. The van der Waals surface area contributed by atoms with Crippen LogP contribution in [0.3, 0.4) is 0 Å². The summed E-state index contributed by atoms with van der Waals surface area (Å²) in [6.07, 6.45) is 0. The van der Waals surface area contributed by atoms with Crippen LogP contribution in [0.25, 0.3) is 82.5 Å². The lowest BCUT2D eigenvalue weighted by molar-refractivity contribution is 1.16. The fraction of sp³-hybridized carbons (Fsp3) is 0. The van der Waals surface area contributed by atoms with Gasteiger partial charge in [0.1, 0.15) is 6.07 Å². The first-order valence-electron chi connectivity index (χ1n) is 22.5. The predicted octanol–water partition coefficient (Wildman–Crippen LogP) is 12.2. The van der Waals surface area contributed by atoms with Crippen molar-refractivity contribution in [2.24, 2.45) is 0 Å². The molecule has 308 valence electrons. The van der Waals surface area contributed by atoms with Crippen molar-refractivity contribution < 1.29 is 0 Å². The minimum Gasteiger partial charge on any atom is -0.309 e. The molecule has 0 spiro atoms. The lowest BCUT2D eigenvalue weighted by Gasteiger charge is -2.34. The third-order valence-corrected chi connectivity index (χ3v) is 18.6. The Labute approximate surface area is 382 Å². The zero-order chi connectivity index (χ0) is 43.8. The molecule has 5 heteroatoms. The summed E-state index contributed by atoms with van der Waals surface area (Å²) in [5, 5.41) is 22.9. The number of aromatic nitrogens is 3. The first-order valence-corrected chi connectivity index (χ1v) is 24.5. The second kappa shape index (κ2) is 15.0. The van der Waals surface area contributed by atoms with Gasteiger partial charge >= 0.3 is 0 Å². The number of nitriles is 1. The highest BCUT2D eigenvalue weighted by Crippen LogP contribution is 2.40. The normalized spacial score (nSPS) is 11.9. The van der Waals surface area contributed by atoms with E-state index in [9.17, 15) is 5.26 Å². The second-order valence-electron chi connectivity index (χ2n) is 17.2. The van der Waals surface area contributed by atoms with Crippen LogP contribution in [0.2, 0.25) is 0 Å². The van der Waals surface area contributed by atoms with E-state index in [4.69, 9.17) is 0 Å². The molecule has 0 N–H and O–H groups in total. The Kier molecular flexibility index (Phi) is 8.57. The van der Waals surface area contributed by atoms with Crippen LogP contribution < -0.4 is 20.7 Å². The highest BCUT2D eigenvalue weighted by atomic mass is 28.3.